The van der Waals surface area contributed by atoms with Crippen LogP contribution in [0.2, 0.25) is 0 Å². The molecule has 0 fully saturated rings. The number of carboxylic acid groups (broad SMARTS) is 2. The van der Waals surface area contributed by atoms with Gasteiger partial charge in [-0.05, 0) is 67.8 Å². The van der Waals surface area contributed by atoms with E-state index in [1.54, 1.807) is 67.8 Å². The largest absolute Gasteiger partial charge is 0.478 e. The summed E-state index contributed by atoms with van der Waals surface area (Å²) in [5.41, 5.74) is 5.14. The molecular weight excluding hydrogens is 699 g/mol. The zero-order chi connectivity index (χ0) is 20.6. The summed E-state index contributed by atoms with van der Waals surface area (Å²) in [6.07, 6.45) is 1.24. The van der Waals surface area contributed by atoms with Crippen molar-refractivity contribution in [3.05, 3.63) is 39.3 Å². The Morgan fingerprint density at radius 1 is 1.11 bits per heavy atom. The number of hydrogen-bond donors (Lipinski definition) is 3. The van der Waals surface area contributed by atoms with Crippen LogP contribution in [0.15, 0.2) is 6.20 Å². The lowest BCUT2D eigenvalue weighted by atomic mass is 10.1. The number of carbonyl (C=O) groups excluding carboxylic acids is 1. The Hall–Kier alpha value is -1.61. The van der Waals surface area contributed by atoms with Gasteiger partial charge >= 0.3 is 17.9 Å². The number of nitrogen functional groups attached to an aromatic ring is 1. The van der Waals surface area contributed by atoms with E-state index in [1.807, 2.05) is 6.07 Å². The third-order valence-electron chi connectivity index (χ3n) is 3.51. The topological polar surface area (TPSA) is 156 Å². The quantitative estimate of drug-likeness (QED) is 0.324. The van der Waals surface area contributed by atoms with Gasteiger partial charge in [-0.2, -0.15) is 5.26 Å². The van der Waals surface area contributed by atoms with Crippen LogP contribution in [0.1, 0.15) is 36.8 Å². The standard InChI is InChI=1S/C15H8I3N3O6/c1-27-15(26)12-10(20)4(2-19)3-21(12)11-8(17)5(13(22)23)7(16)6(9(11)18)14(24)25/h3H,20H2,1H3,(H,22,23)(H,24,25). The lowest BCUT2D eigenvalue weighted by molar-refractivity contribution is 0.0591. The molecule has 2 rings (SSSR count). The van der Waals surface area contributed by atoms with Crippen molar-refractivity contribution < 1.29 is 29.3 Å². The number of hydrogen-bond acceptors (Lipinski definition) is 6. The second-order valence-corrected chi connectivity index (χ2v) is 8.17. The molecule has 0 saturated heterocycles. The number of aromatic nitrogens is 1. The molecule has 140 valence electrons. The van der Waals surface area contributed by atoms with Crippen molar-refractivity contribution in [3.8, 4) is 11.8 Å². The number of nitrogens with two attached hydrogens (primary N) is 1. The van der Waals surface area contributed by atoms with Gasteiger partial charge < -0.3 is 25.3 Å². The summed E-state index contributed by atoms with van der Waals surface area (Å²) in [4.78, 5) is 35.7. The molecule has 1 heterocycles. The zero-order valence-electron chi connectivity index (χ0n) is 13.2. The summed E-state index contributed by atoms with van der Waals surface area (Å²) in [7, 11) is 1.13. The van der Waals surface area contributed by atoms with Crippen LogP contribution >= 0.6 is 67.8 Å². The average Bonchev–Trinajstić information content (AvgIpc) is 2.89. The minimum atomic E-state index is -1.33. The number of aromatic carboxylic acids is 2. The van der Waals surface area contributed by atoms with Gasteiger partial charge in [0, 0.05) is 9.77 Å². The Bertz CT molecular complexity index is 1010. The molecule has 0 aliphatic heterocycles. The minimum absolute atomic E-state index is 0.0331. The van der Waals surface area contributed by atoms with Gasteiger partial charge in [-0.25, -0.2) is 14.4 Å². The van der Waals surface area contributed by atoms with E-state index in [9.17, 15) is 29.9 Å². The van der Waals surface area contributed by atoms with Gasteiger partial charge in [-0.3, -0.25) is 0 Å². The van der Waals surface area contributed by atoms with Crippen molar-refractivity contribution in [1.82, 2.24) is 4.57 Å². The van der Waals surface area contributed by atoms with Gasteiger partial charge in [0.15, 0.2) is 5.69 Å². The Balaban J connectivity index is 3.09. The van der Waals surface area contributed by atoms with Crippen LogP contribution in [-0.4, -0.2) is 39.8 Å². The van der Waals surface area contributed by atoms with Crippen molar-refractivity contribution in [1.29, 1.82) is 5.26 Å². The van der Waals surface area contributed by atoms with Crippen LogP contribution in [-0.2, 0) is 4.74 Å². The fraction of sp³-hybridized carbons (Fsp3) is 0.0667. The first kappa shape index (κ1) is 21.7. The molecule has 0 bridgehead atoms. The van der Waals surface area contributed by atoms with Crippen LogP contribution in [0.5, 0.6) is 0 Å². The smallest absolute Gasteiger partial charge is 0.357 e. The molecule has 27 heavy (non-hydrogen) atoms. The number of nitriles is 1. The van der Waals surface area contributed by atoms with Crippen molar-refractivity contribution in [2.24, 2.45) is 0 Å². The van der Waals surface area contributed by atoms with Crippen molar-refractivity contribution in [2.75, 3.05) is 12.8 Å². The number of nitrogens with zero attached hydrogens (tertiary/aromatic N) is 2. The summed E-state index contributed by atoms with van der Waals surface area (Å²) in [6, 6.07) is 1.84. The summed E-state index contributed by atoms with van der Waals surface area (Å²) in [5.74, 6) is -3.51. The normalized spacial score (nSPS) is 10.3. The first-order valence-corrected chi connectivity index (χ1v) is 9.98. The molecule has 0 amide bonds. The van der Waals surface area contributed by atoms with E-state index >= 15 is 0 Å². The Kier molecular flexibility index (Phi) is 6.57. The first-order chi connectivity index (χ1) is 12.6. The number of ether oxygens (including phenoxy) is 1. The third-order valence-corrected chi connectivity index (χ3v) is 6.69. The van der Waals surface area contributed by atoms with Gasteiger partial charge in [0.05, 0.1) is 42.3 Å². The number of carboxylic acids is 2. The SMILES string of the molecule is COC(=O)c1c(N)c(C#N)cn1-c1c(I)c(C(=O)O)c(I)c(C(=O)O)c1I. The molecule has 0 unspecified atom stereocenters. The summed E-state index contributed by atoms with van der Waals surface area (Å²) in [6.45, 7) is 0. The predicted octanol–water partition coefficient (Wildman–Crippen LogP) is 2.93. The van der Waals surface area contributed by atoms with Crippen molar-refractivity contribution >= 4 is 91.4 Å². The van der Waals surface area contributed by atoms with Gasteiger partial charge in [0.25, 0.3) is 0 Å². The van der Waals surface area contributed by atoms with Gasteiger partial charge in [-0.15, -0.1) is 0 Å². The fourth-order valence-corrected chi connectivity index (χ4v) is 6.94. The lowest BCUT2D eigenvalue weighted by Crippen LogP contribution is -2.19. The van der Waals surface area contributed by atoms with E-state index in [2.05, 4.69) is 0 Å². The monoisotopic (exact) mass is 707 g/mol. The second kappa shape index (κ2) is 8.18. The molecule has 0 aliphatic carbocycles. The van der Waals surface area contributed by atoms with Gasteiger partial charge in [-0.1, -0.05) is 0 Å². The molecule has 0 aliphatic rings. The maximum atomic E-state index is 12.2. The number of benzene rings is 1. The molecule has 0 saturated carbocycles. The summed E-state index contributed by atoms with van der Waals surface area (Å²) >= 11 is 5.17. The third kappa shape index (κ3) is 3.59. The number of esters is 1. The van der Waals surface area contributed by atoms with Crippen molar-refractivity contribution in [3.63, 3.8) is 0 Å². The molecule has 12 heteroatoms. The number of methoxy groups -OCH3 is 1. The van der Waals surface area contributed by atoms with Gasteiger partial charge in [0.1, 0.15) is 6.07 Å². The van der Waals surface area contributed by atoms with E-state index in [0.717, 1.165) is 7.11 Å². The van der Waals surface area contributed by atoms with Crippen molar-refractivity contribution in [2.45, 2.75) is 0 Å². The Morgan fingerprint density at radius 3 is 1.96 bits per heavy atom. The highest BCUT2D eigenvalue weighted by molar-refractivity contribution is 14.1. The molecular formula is C15H8I3N3O6. The van der Waals surface area contributed by atoms with E-state index in [0.29, 0.717) is 0 Å². The second-order valence-electron chi connectivity index (χ2n) is 4.93. The molecule has 1 aromatic heterocycles. The minimum Gasteiger partial charge on any atom is -0.478 e. The molecule has 0 radical (unpaired) electrons. The van der Waals surface area contributed by atoms with Crippen LogP contribution < -0.4 is 5.73 Å². The van der Waals surface area contributed by atoms with Crippen LogP contribution in [0.4, 0.5) is 5.69 Å². The average molecular weight is 707 g/mol. The number of rotatable bonds is 4. The van der Waals surface area contributed by atoms with Crippen LogP contribution in [0, 0.1) is 22.0 Å². The van der Waals surface area contributed by atoms with Crippen LogP contribution in [0.25, 0.3) is 5.69 Å². The fourth-order valence-electron chi connectivity index (χ4n) is 2.33. The van der Waals surface area contributed by atoms with Crippen LogP contribution in [0.3, 0.4) is 0 Å². The van der Waals surface area contributed by atoms with E-state index in [-0.39, 0.29) is 44.5 Å². The number of carbonyl (C=O) groups is 3. The summed E-state index contributed by atoms with van der Waals surface area (Å²) < 4.78 is 6.31. The lowest BCUT2D eigenvalue weighted by Gasteiger charge is -2.18. The molecule has 2 aromatic rings. The first-order valence-electron chi connectivity index (χ1n) is 6.75. The summed E-state index contributed by atoms with van der Waals surface area (Å²) in [5, 5.41) is 28.4. The zero-order valence-corrected chi connectivity index (χ0v) is 19.7. The molecule has 0 atom stereocenters. The highest BCUT2D eigenvalue weighted by Gasteiger charge is 2.31. The molecule has 0 spiro atoms. The maximum Gasteiger partial charge on any atom is 0.357 e. The Labute approximate surface area is 192 Å². The van der Waals surface area contributed by atoms with E-state index < -0.39 is 17.9 Å². The Morgan fingerprint density at radius 2 is 1.59 bits per heavy atom. The molecule has 1 aromatic carbocycles. The molecule has 9 nitrogen and oxygen atoms in total. The highest BCUT2D eigenvalue weighted by Crippen LogP contribution is 2.37. The van der Waals surface area contributed by atoms with E-state index in [4.69, 9.17) is 10.5 Å². The number of anilines is 1. The number of halogens is 3. The molecule has 4 N–H and O–H groups in total. The highest BCUT2D eigenvalue weighted by atomic mass is 127. The van der Waals surface area contributed by atoms with Gasteiger partial charge in [0.2, 0.25) is 0 Å². The van der Waals surface area contributed by atoms with E-state index in [1.165, 1.54) is 10.8 Å². The maximum absolute atomic E-state index is 12.2. The predicted molar refractivity (Wildman–Crippen MR) is 118 cm³/mol.